The number of ether oxygens (including phenoxy) is 2. The van der Waals surface area contributed by atoms with Crippen molar-refractivity contribution in [3.8, 4) is 0 Å². The lowest BCUT2D eigenvalue weighted by atomic mass is 10.1. The van der Waals surface area contributed by atoms with Crippen LogP contribution in [0.15, 0.2) is 60.7 Å². The van der Waals surface area contributed by atoms with Gasteiger partial charge in [0.15, 0.2) is 0 Å². The van der Waals surface area contributed by atoms with E-state index in [4.69, 9.17) is 9.47 Å². The maximum Gasteiger partial charge on any atom is 0.308 e. The Morgan fingerprint density at radius 2 is 1.50 bits per heavy atom. The van der Waals surface area contributed by atoms with E-state index in [9.17, 15) is 9.59 Å². The highest BCUT2D eigenvalue weighted by Crippen LogP contribution is 2.06. The molecule has 0 saturated carbocycles. The molecule has 2 aromatic rings. The maximum atomic E-state index is 12.4. The second-order valence-electron chi connectivity index (χ2n) is 8.89. The number of nitrogens with one attached hydrogen (secondary N) is 1. The monoisotopic (exact) mass is 468 g/mol. The van der Waals surface area contributed by atoms with E-state index in [0.717, 1.165) is 50.9 Å². The Bertz CT molecular complexity index is 812. The predicted molar refractivity (Wildman–Crippen MR) is 135 cm³/mol. The van der Waals surface area contributed by atoms with Crippen molar-refractivity contribution in [3.63, 3.8) is 0 Å². The van der Waals surface area contributed by atoms with Crippen LogP contribution in [-0.2, 0) is 32.1 Å². The van der Waals surface area contributed by atoms with E-state index in [-0.39, 0.29) is 30.9 Å². The van der Waals surface area contributed by atoms with E-state index in [1.54, 1.807) is 0 Å². The maximum absolute atomic E-state index is 12.4. The fourth-order valence-electron chi connectivity index (χ4n) is 3.69. The van der Waals surface area contributed by atoms with Gasteiger partial charge in [-0.2, -0.15) is 0 Å². The minimum Gasteiger partial charge on any atom is -0.461 e. The zero-order valence-corrected chi connectivity index (χ0v) is 20.7. The molecule has 0 heterocycles. The topological polar surface area (TPSA) is 67.9 Å². The lowest BCUT2D eigenvalue weighted by Gasteiger charge is -2.22. The molecule has 0 aromatic heterocycles. The van der Waals surface area contributed by atoms with Crippen LogP contribution in [0.5, 0.6) is 0 Å². The Balaban J connectivity index is 1.54. The lowest BCUT2D eigenvalue weighted by molar-refractivity contribution is -0.145. The molecule has 0 aliphatic heterocycles. The van der Waals surface area contributed by atoms with Crippen molar-refractivity contribution in [2.45, 2.75) is 57.6 Å². The van der Waals surface area contributed by atoms with Crippen LogP contribution < -0.4 is 5.32 Å². The van der Waals surface area contributed by atoms with Gasteiger partial charge >= 0.3 is 5.97 Å². The number of hydrogen-bond donors (Lipinski definition) is 1. The van der Waals surface area contributed by atoms with Crippen LogP contribution in [0.4, 0.5) is 0 Å². The van der Waals surface area contributed by atoms with E-state index in [1.807, 2.05) is 55.4 Å². The Morgan fingerprint density at radius 3 is 2.18 bits per heavy atom. The molecule has 6 nitrogen and oxygen atoms in total. The average Bonchev–Trinajstić information content (AvgIpc) is 2.82. The van der Waals surface area contributed by atoms with E-state index < -0.39 is 0 Å². The summed E-state index contributed by atoms with van der Waals surface area (Å²) in [6.45, 7) is 2.33. The van der Waals surface area contributed by atoms with Crippen molar-refractivity contribution < 1.29 is 19.1 Å². The average molecular weight is 469 g/mol. The summed E-state index contributed by atoms with van der Waals surface area (Å²) in [6.07, 6.45) is 5.38. The van der Waals surface area contributed by atoms with Crippen LogP contribution in [0.3, 0.4) is 0 Å². The van der Waals surface area contributed by atoms with Gasteiger partial charge in [-0.3, -0.25) is 9.59 Å². The number of carbonyl (C=O) groups is 2. The van der Waals surface area contributed by atoms with Crippen LogP contribution in [0.25, 0.3) is 0 Å². The first-order valence-corrected chi connectivity index (χ1v) is 12.3. The quantitative estimate of drug-likeness (QED) is 0.276. The van der Waals surface area contributed by atoms with Gasteiger partial charge < -0.3 is 19.7 Å². The SMILES string of the molecule is CN(C)C[C@@H](CC(=O)OCc1ccccc1)NC(=O)CCCCCOCCCc1ccccc1. The number of rotatable bonds is 17. The van der Waals surface area contributed by atoms with Gasteiger partial charge in [0.2, 0.25) is 5.91 Å². The third-order valence-electron chi connectivity index (χ3n) is 5.40. The summed E-state index contributed by atoms with van der Waals surface area (Å²) in [6, 6.07) is 19.8. The van der Waals surface area contributed by atoms with Gasteiger partial charge in [-0.15, -0.1) is 0 Å². The van der Waals surface area contributed by atoms with Crippen molar-refractivity contribution in [3.05, 3.63) is 71.8 Å². The van der Waals surface area contributed by atoms with E-state index >= 15 is 0 Å². The molecule has 0 aliphatic rings. The largest absolute Gasteiger partial charge is 0.461 e. The molecule has 6 heteroatoms. The fourth-order valence-corrected chi connectivity index (χ4v) is 3.69. The molecule has 0 saturated heterocycles. The molecule has 0 unspecified atom stereocenters. The number of unbranched alkanes of at least 4 members (excludes halogenated alkanes) is 2. The third-order valence-corrected chi connectivity index (χ3v) is 5.40. The molecular formula is C28H40N2O4. The summed E-state index contributed by atoms with van der Waals surface area (Å²) in [7, 11) is 3.85. The zero-order valence-electron chi connectivity index (χ0n) is 20.7. The van der Waals surface area contributed by atoms with Crippen molar-refractivity contribution in [2.75, 3.05) is 33.9 Å². The first kappa shape index (κ1) is 27.5. The van der Waals surface area contributed by atoms with E-state index in [0.29, 0.717) is 13.0 Å². The number of aryl methyl sites for hydroxylation is 1. The van der Waals surface area contributed by atoms with Gasteiger partial charge in [-0.05, 0) is 50.9 Å². The van der Waals surface area contributed by atoms with E-state index in [1.165, 1.54) is 5.56 Å². The van der Waals surface area contributed by atoms with Crippen LogP contribution >= 0.6 is 0 Å². The van der Waals surface area contributed by atoms with Gasteiger partial charge in [-0.25, -0.2) is 0 Å². The Morgan fingerprint density at radius 1 is 0.853 bits per heavy atom. The number of amides is 1. The van der Waals surface area contributed by atoms with Gasteiger partial charge in [0.25, 0.3) is 0 Å². The molecule has 1 atom stereocenters. The Labute approximate surface area is 204 Å². The molecule has 1 N–H and O–H groups in total. The number of hydrogen-bond acceptors (Lipinski definition) is 5. The van der Waals surface area contributed by atoms with Crippen molar-refractivity contribution >= 4 is 11.9 Å². The standard InChI is InChI=1S/C28H40N2O4/c1-30(2)22-26(21-28(32)34-23-25-15-8-4-9-16-25)29-27(31)18-10-5-11-19-33-20-12-17-24-13-6-3-7-14-24/h3-4,6-9,13-16,26H,5,10-12,17-23H2,1-2H3,(H,29,31)/t26-/m1/s1. The molecule has 186 valence electrons. The minimum absolute atomic E-state index is 0.0218. The van der Waals surface area contributed by atoms with Crippen LogP contribution in [0.2, 0.25) is 0 Å². The number of carbonyl (C=O) groups excluding carboxylic acids is 2. The highest BCUT2D eigenvalue weighted by molar-refractivity contribution is 5.77. The second kappa shape index (κ2) is 16.8. The van der Waals surface area contributed by atoms with Crippen molar-refractivity contribution in [1.29, 1.82) is 0 Å². The lowest BCUT2D eigenvalue weighted by Crippen LogP contribution is -2.43. The highest BCUT2D eigenvalue weighted by atomic mass is 16.5. The van der Waals surface area contributed by atoms with E-state index in [2.05, 4.69) is 29.6 Å². The Kier molecular flexibility index (Phi) is 13.6. The van der Waals surface area contributed by atoms with Gasteiger partial charge in [0, 0.05) is 26.2 Å². The smallest absolute Gasteiger partial charge is 0.308 e. The fraction of sp³-hybridized carbons (Fsp3) is 0.500. The minimum atomic E-state index is -0.305. The zero-order chi connectivity index (χ0) is 24.4. The highest BCUT2D eigenvalue weighted by Gasteiger charge is 2.18. The second-order valence-corrected chi connectivity index (χ2v) is 8.89. The molecular weight excluding hydrogens is 428 g/mol. The molecule has 2 aromatic carbocycles. The summed E-state index contributed by atoms with van der Waals surface area (Å²) in [5, 5.41) is 3.00. The number of esters is 1. The van der Waals surface area contributed by atoms with Gasteiger partial charge in [-0.1, -0.05) is 67.1 Å². The third kappa shape index (κ3) is 13.1. The van der Waals surface area contributed by atoms with Crippen molar-refractivity contribution in [2.24, 2.45) is 0 Å². The van der Waals surface area contributed by atoms with Gasteiger partial charge in [0.1, 0.15) is 6.61 Å². The first-order chi connectivity index (χ1) is 16.5. The Hall–Kier alpha value is -2.70. The summed E-state index contributed by atoms with van der Waals surface area (Å²) in [4.78, 5) is 26.6. The summed E-state index contributed by atoms with van der Waals surface area (Å²) >= 11 is 0. The van der Waals surface area contributed by atoms with Crippen LogP contribution in [0, 0.1) is 0 Å². The normalized spacial score (nSPS) is 11.9. The van der Waals surface area contributed by atoms with Crippen LogP contribution in [0.1, 0.15) is 49.7 Å². The number of nitrogens with zero attached hydrogens (tertiary/aromatic N) is 1. The predicted octanol–water partition coefficient (Wildman–Crippen LogP) is 4.38. The molecule has 0 spiro atoms. The molecule has 0 radical (unpaired) electrons. The number of likely N-dealkylation sites (N-methyl/N-ethyl adjacent to an activating group) is 1. The molecule has 0 aliphatic carbocycles. The first-order valence-electron chi connectivity index (χ1n) is 12.3. The summed E-state index contributed by atoms with van der Waals surface area (Å²) in [5.74, 6) is -0.327. The molecule has 2 rings (SSSR count). The number of benzene rings is 2. The molecule has 34 heavy (non-hydrogen) atoms. The molecule has 0 fully saturated rings. The molecule has 0 bridgehead atoms. The summed E-state index contributed by atoms with van der Waals surface area (Å²) < 4.78 is 11.1. The summed E-state index contributed by atoms with van der Waals surface area (Å²) in [5.41, 5.74) is 2.29. The molecule has 1 amide bonds. The van der Waals surface area contributed by atoms with Gasteiger partial charge in [0.05, 0.1) is 12.5 Å². The van der Waals surface area contributed by atoms with Crippen molar-refractivity contribution in [1.82, 2.24) is 10.2 Å². The van der Waals surface area contributed by atoms with Crippen LogP contribution in [-0.4, -0.2) is 56.7 Å².